The minimum absolute atomic E-state index is 0.300. The summed E-state index contributed by atoms with van der Waals surface area (Å²) < 4.78 is 117. The second kappa shape index (κ2) is 18.4. The highest BCUT2D eigenvalue weighted by atomic mass is 32.3. The first-order chi connectivity index (χ1) is 22.9. The fourth-order valence-corrected chi connectivity index (χ4v) is 5.56. The molecule has 0 atom stereocenters. The molecule has 0 saturated carbocycles. The maximum atomic E-state index is 12.1. The van der Waals surface area contributed by atoms with Crippen LogP contribution in [0.1, 0.15) is 49.3 Å². The van der Waals surface area contributed by atoms with Crippen molar-refractivity contribution in [3.8, 4) is 0 Å². The molecule has 3 aromatic rings. The van der Waals surface area contributed by atoms with Crippen molar-refractivity contribution in [1.29, 1.82) is 0 Å². The van der Waals surface area contributed by atoms with Gasteiger partial charge >= 0.3 is 17.1 Å². The molecule has 0 radical (unpaired) electrons. The molecule has 0 aliphatic rings. The Bertz CT molecular complexity index is 1720. The molecular weight excluding hydrogens is 706 g/mol. The number of isocyanates is 1. The number of hydrogen-bond acceptors (Lipinski definition) is 8. The summed E-state index contributed by atoms with van der Waals surface area (Å²) in [6, 6.07) is 19.4. The Morgan fingerprint density at radius 3 is 1.84 bits per heavy atom. The highest BCUT2D eigenvalue weighted by Gasteiger charge is 2.46. The van der Waals surface area contributed by atoms with Gasteiger partial charge in [0, 0.05) is 17.8 Å². The molecule has 2 aromatic carbocycles. The maximum absolute atomic E-state index is 12.1. The van der Waals surface area contributed by atoms with Crippen molar-refractivity contribution < 1.29 is 62.1 Å². The number of nitrogens with zero attached hydrogens (tertiary/aromatic N) is 3. The lowest BCUT2D eigenvalue weighted by atomic mass is 10.0. The lowest BCUT2D eigenvalue weighted by molar-refractivity contribution is -0.697. The SMILES string of the molecule is CCCCCCc1cc[n+](CCOC(=O)Nc2ccc(Cc3ccc(N=C=O)cc3)cc2)cc1.O=S(=O)([N-]S(=O)(=O)C(F)(F)F)C(F)(F)F. The third-order valence-corrected chi connectivity index (χ3v) is 9.10. The summed E-state index contributed by atoms with van der Waals surface area (Å²) in [7, 11) is -13.4. The van der Waals surface area contributed by atoms with E-state index in [9.17, 15) is 52.8 Å². The van der Waals surface area contributed by atoms with Gasteiger partial charge in [-0.05, 0) is 60.2 Å². The summed E-state index contributed by atoms with van der Waals surface area (Å²) in [5, 5.41) is 2.76. The van der Waals surface area contributed by atoms with E-state index in [4.69, 9.17) is 4.74 Å². The summed E-state index contributed by atoms with van der Waals surface area (Å²) in [6.07, 6.45) is 12.1. The smallest absolute Gasteiger partial charge is 0.443 e. The highest BCUT2D eigenvalue weighted by Crippen LogP contribution is 2.36. The number of halogens is 6. The van der Waals surface area contributed by atoms with E-state index in [0.29, 0.717) is 24.5 Å². The van der Waals surface area contributed by atoms with E-state index in [1.165, 1.54) is 37.3 Å². The van der Waals surface area contributed by atoms with Crippen LogP contribution in [-0.2, 0) is 49.0 Å². The number of unbranched alkanes of at least 4 members (excludes halogenated alkanes) is 3. The molecule has 0 unspecified atom stereocenters. The summed E-state index contributed by atoms with van der Waals surface area (Å²) in [5.41, 5.74) is -7.58. The average molecular weight is 739 g/mol. The fraction of sp³-hybridized carbons (Fsp3) is 0.367. The molecule has 3 rings (SSSR count). The number of aryl methyl sites for hydroxylation is 1. The lowest BCUT2D eigenvalue weighted by Crippen LogP contribution is -2.36. The molecule has 0 aliphatic carbocycles. The summed E-state index contributed by atoms with van der Waals surface area (Å²) in [5.74, 6) is 0. The van der Waals surface area contributed by atoms with E-state index in [1.807, 2.05) is 53.4 Å². The number of anilines is 1. The van der Waals surface area contributed by atoms with Crippen LogP contribution in [0.4, 0.5) is 42.5 Å². The zero-order chi connectivity index (χ0) is 36.7. The Balaban J connectivity index is 0.000000469. The molecular formula is C30H32F6N4O7S2. The zero-order valence-corrected chi connectivity index (χ0v) is 27.5. The second-order valence-corrected chi connectivity index (χ2v) is 13.6. The van der Waals surface area contributed by atoms with Gasteiger partial charge in [-0.15, -0.1) is 0 Å². The fourth-order valence-electron chi connectivity index (χ4n) is 3.85. The first-order valence-electron chi connectivity index (χ1n) is 14.4. The van der Waals surface area contributed by atoms with Gasteiger partial charge in [-0.25, -0.2) is 31.0 Å². The predicted molar refractivity (Wildman–Crippen MR) is 166 cm³/mol. The summed E-state index contributed by atoms with van der Waals surface area (Å²) in [6.45, 7) is 3.13. The van der Waals surface area contributed by atoms with Crippen molar-refractivity contribution in [2.75, 3.05) is 11.9 Å². The largest absolute Gasteiger partial charge is 0.480 e. The number of alkyl halides is 6. The first kappa shape index (κ1) is 40.9. The van der Waals surface area contributed by atoms with Gasteiger partial charge in [-0.3, -0.25) is 5.32 Å². The first-order valence-corrected chi connectivity index (χ1v) is 17.3. The van der Waals surface area contributed by atoms with E-state index in [1.54, 1.807) is 12.1 Å². The number of aromatic nitrogens is 1. The second-order valence-electron chi connectivity index (χ2n) is 10.2. The molecule has 0 bridgehead atoms. The van der Waals surface area contributed by atoms with E-state index in [-0.39, 0.29) is 0 Å². The molecule has 0 saturated heterocycles. The standard InChI is InChI=1S/C28H31N3O3.C2F6NO4S2/c1-2-3-4-5-6-23-15-17-31(18-16-23)19-20-34-28(33)30-27-13-9-25(10-14-27)21-24-7-11-26(12-8-24)29-22-32;3-1(4,5)14(10,11)9-15(12,13)2(6,7)8/h7-18H,2-6,19-21H2,1H3;/q;-1/p+1. The summed E-state index contributed by atoms with van der Waals surface area (Å²) >= 11 is 0. The van der Waals surface area contributed by atoms with E-state index >= 15 is 0 Å². The number of carbonyl (C=O) groups excluding carboxylic acids is 2. The number of sulfonamides is 2. The number of benzene rings is 2. The van der Waals surface area contributed by atoms with Crippen LogP contribution >= 0.6 is 0 Å². The number of aliphatic imine (C=N–C) groups is 1. The molecule has 268 valence electrons. The van der Waals surface area contributed by atoms with E-state index in [2.05, 4.69) is 29.4 Å². The van der Waals surface area contributed by atoms with Crippen LogP contribution in [0, 0.1) is 0 Å². The zero-order valence-electron chi connectivity index (χ0n) is 25.9. The minimum atomic E-state index is -6.72. The molecule has 1 aromatic heterocycles. The van der Waals surface area contributed by atoms with Gasteiger partial charge in [0.2, 0.25) is 6.08 Å². The van der Waals surface area contributed by atoms with E-state index < -0.39 is 37.2 Å². The molecule has 11 nitrogen and oxygen atoms in total. The third kappa shape index (κ3) is 14.4. The molecule has 1 heterocycles. The van der Waals surface area contributed by atoms with Gasteiger partial charge in [-0.1, -0.05) is 50.5 Å². The number of carbonyl (C=O) groups is 1. The van der Waals surface area contributed by atoms with Gasteiger partial charge in [-0.2, -0.15) is 31.3 Å². The van der Waals surface area contributed by atoms with Crippen LogP contribution < -0.4 is 9.88 Å². The number of hydrogen-bond donors (Lipinski definition) is 1. The van der Waals surface area contributed by atoms with Crippen molar-refractivity contribution in [1.82, 2.24) is 0 Å². The van der Waals surface area contributed by atoms with Crippen LogP contribution in [0.2, 0.25) is 0 Å². The van der Waals surface area contributed by atoms with Crippen molar-refractivity contribution in [3.05, 3.63) is 93.9 Å². The van der Waals surface area contributed by atoms with Gasteiger partial charge in [0.1, 0.15) is 0 Å². The number of rotatable bonds is 14. The lowest BCUT2D eigenvalue weighted by Gasteiger charge is -2.22. The summed E-state index contributed by atoms with van der Waals surface area (Å²) in [4.78, 5) is 26.0. The van der Waals surface area contributed by atoms with Crippen LogP contribution in [0.3, 0.4) is 0 Å². The Labute approximate surface area is 279 Å². The Kier molecular flexibility index (Phi) is 15.4. The Morgan fingerprint density at radius 2 is 1.35 bits per heavy atom. The van der Waals surface area contributed by atoms with Crippen molar-refractivity contribution in [3.63, 3.8) is 0 Å². The molecule has 1 amide bonds. The van der Waals surface area contributed by atoms with Crippen LogP contribution in [0.5, 0.6) is 0 Å². The van der Waals surface area contributed by atoms with Gasteiger partial charge in [0.15, 0.2) is 45.6 Å². The van der Waals surface area contributed by atoms with Crippen molar-refractivity contribution >= 4 is 43.6 Å². The minimum Gasteiger partial charge on any atom is -0.443 e. The molecule has 0 aliphatic heterocycles. The Morgan fingerprint density at radius 1 is 0.816 bits per heavy atom. The quantitative estimate of drug-likeness (QED) is 0.0617. The number of ether oxygens (including phenoxy) is 1. The van der Waals surface area contributed by atoms with Crippen LogP contribution in [-0.4, -0.2) is 46.6 Å². The van der Waals surface area contributed by atoms with Crippen LogP contribution in [0.25, 0.3) is 4.13 Å². The molecule has 19 heteroatoms. The van der Waals surface area contributed by atoms with Gasteiger partial charge in [0.05, 0.1) is 5.69 Å². The topological polar surface area (TPSA) is 154 Å². The molecule has 49 heavy (non-hydrogen) atoms. The monoisotopic (exact) mass is 738 g/mol. The van der Waals surface area contributed by atoms with Crippen molar-refractivity contribution in [2.24, 2.45) is 4.99 Å². The third-order valence-electron chi connectivity index (χ3n) is 6.36. The normalized spacial score (nSPS) is 11.9. The highest BCUT2D eigenvalue weighted by molar-refractivity contribution is 8.13. The maximum Gasteiger partial charge on any atom is 0.480 e. The Hall–Kier alpha value is -4.32. The number of amides is 1. The number of pyridine rings is 1. The molecule has 0 spiro atoms. The van der Waals surface area contributed by atoms with Crippen molar-refractivity contribution in [2.45, 2.75) is 63.0 Å². The average Bonchev–Trinajstić information content (AvgIpc) is 3.01. The van der Waals surface area contributed by atoms with Gasteiger partial charge in [0.25, 0.3) is 0 Å². The predicted octanol–water partition coefficient (Wildman–Crippen LogP) is 6.96. The van der Waals surface area contributed by atoms with Gasteiger partial charge < -0.3 is 8.86 Å². The van der Waals surface area contributed by atoms with Crippen LogP contribution in [0.15, 0.2) is 78.0 Å². The van der Waals surface area contributed by atoms with E-state index in [0.717, 1.165) is 28.1 Å². The number of nitrogens with one attached hydrogen (secondary N) is 1. The molecule has 1 N–H and O–H groups in total. The molecule has 0 fully saturated rings.